The lowest BCUT2D eigenvalue weighted by atomic mass is 10.1. The van der Waals surface area contributed by atoms with E-state index in [4.69, 9.17) is 17.3 Å². The molecule has 3 rings (SSSR count). The number of hydrogen-bond donors (Lipinski definition) is 1. The van der Waals surface area contributed by atoms with Gasteiger partial charge in [0, 0.05) is 50.0 Å². The molecule has 0 atom stereocenters. The van der Waals surface area contributed by atoms with Crippen LogP contribution in [0.3, 0.4) is 0 Å². The lowest BCUT2D eigenvalue weighted by Gasteiger charge is -2.35. The number of nitrogens with zero attached hydrogens (tertiary/aromatic N) is 2. The Morgan fingerprint density at radius 2 is 1.79 bits per heavy atom. The zero-order valence-electron chi connectivity index (χ0n) is 11.3. The number of nitrogens with two attached hydrogens (primary N) is 1. The molecule has 1 saturated heterocycles. The van der Waals surface area contributed by atoms with Gasteiger partial charge in [-0.05, 0) is 36.5 Å². The van der Waals surface area contributed by atoms with Gasteiger partial charge >= 0.3 is 0 Å². The van der Waals surface area contributed by atoms with Crippen molar-refractivity contribution in [3.05, 3.63) is 28.8 Å². The van der Waals surface area contributed by atoms with E-state index < -0.39 is 0 Å². The van der Waals surface area contributed by atoms with E-state index in [9.17, 15) is 0 Å². The van der Waals surface area contributed by atoms with Crippen LogP contribution in [0.5, 0.6) is 0 Å². The summed E-state index contributed by atoms with van der Waals surface area (Å²) in [6.07, 6.45) is 2.89. The van der Waals surface area contributed by atoms with Gasteiger partial charge in [-0.15, -0.1) is 0 Å². The van der Waals surface area contributed by atoms with E-state index in [0.717, 1.165) is 36.3 Å². The van der Waals surface area contributed by atoms with Crippen molar-refractivity contribution in [1.82, 2.24) is 9.80 Å². The van der Waals surface area contributed by atoms with Crippen LogP contribution >= 0.6 is 11.6 Å². The third-order valence-corrected chi connectivity index (χ3v) is 4.42. The molecule has 1 aromatic carbocycles. The van der Waals surface area contributed by atoms with Crippen molar-refractivity contribution in [2.45, 2.75) is 19.4 Å². The molecule has 1 heterocycles. The van der Waals surface area contributed by atoms with Gasteiger partial charge < -0.3 is 10.6 Å². The molecule has 0 bridgehead atoms. The number of hydrogen-bond acceptors (Lipinski definition) is 3. The topological polar surface area (TPSA) is 32.5 Å². The van der Waals surface area contributed by atoms with Gasteiger partial charge in [0.05, 0.1) is 0 Å². The molecule has 0 aromatic heterocycles. The number of piperazine rings is 1. The van der Waals surface area contributed by atoms with Crippen LogP contribution in [0.25, 0.3) is 0 Å². The number of benzene rings is 1. The Morgan fingerprint density at radius 3 is 2.42 bits per heavy atom. The quantitative estimate of drug-likeness (QED) is 0.860. The molecule has 0 radical (unpaired) electrons. The smallest absolute Gasteiger partial charge is 0.0426 e. The highest BCUT2D eigenvalue weighted by atomic mass is 35.5. The lowest BCUT2D eigenvalue weighted by molar-refractivity contribution is 0.123. The van der Waals surface area contributed by atoms with E-state index >= 15 is 0 Å². The van der Waals surface area contributed by atoms with Crippen molar-refractivity contribution >= 4 is 17.3 Å². The molecule has 1 aliphatic heterocycles. The van der Waals surface area contributed by atoms with Gasteiger partial charge in [0.1, 0.15) is 0 Å². The van der Waals surface area contributed by atoms with E-state index in [2.05, 4.69) is 9.80 Å². The van der Waals surface area contributed by atoms with Crippen LogP contribution in [0.2, 0.25) is 5.02 Å². The molecular weight excluding hydrogens is 258 g/mol. The number of anilines is 1. The van der Waals surface area contributed by atoms with Crippen LogP contribution in [-0.4, -0.2) is 42.5 Å². The zero-order chi connectivity index (χ0) is 13.2. The highest BCUT2D eigenvalue weighted by Crippen LogP contribution is 2.30. The number of nitrogen functional groups attached to an aromatic ring is 1. The first kappa shape index (κ1) is 13.2. The summed E-state index contributed by atoms with van der Waals surface area (Å²) in [5.41, 5.74) is 8.03. The zero-order valence-corrected chi connectivity index (χ0v) is 12.1. The molecule has 1 aliphatic carbocycles. The van der Waals surface area contributed by atoms with Crippen LogP contribution in [0.4, 0.5) is 5.69 Å². The summed E-state index contributed by atoms with van der Waals surface area (Å²) in [4.78, 5) is 5.10. The minimum Gasteiger partial charge on any atom is -0.398 e. The van der Waals surface area contributed by atoms with Gasteiger partial charge in [-0.25, -0.2) is 0 Å². The van der Waals surface area contributed by atoms with Crippen molar-refractivity contribution < 1.29 is 0 Å². The molecule has 104 valence electrons. The summed E-state index contributed by atoms with van der Waals surface area (Å²) in [7, 11) is 0. The predicted molar refractivity (Wildman–Crippen MR) is 80.3 cm³/mol. The van der Waals surface area contributed by atoms with Crippen LogP contribution in [0.15, 0.2) is 18.2 Å². The average Bonchev–Trinajstić information content (AvgIpc) is 3.19. The maximum absolute atomic E-state index is 6.02. The van der Waals surface area contributed by atoms with Crippen molar-refractivity contribution in [3.63, 3.8) is 0 Å². The molecule has 2 aliphatic rings. The highest BCUT2D eigenvalue weighted by Gasteiger charge is 2.26. The predicted octanol–water partition coefficient (Wildman–Crippen LogP) is 2.45. The van der Waals surface area contributed by atoms with Crippen molar-refractivity contribution in [2.24, 2.45) is 5.92 Å². The Bertz CT molecular complexity index is 437. The first-order valence-electron chi connectivity index (χ1n) is 7.19. The van der Waals surface area contributed by atoms with E-state index in [1.807, 2.05) is 18.2 Å². The van der Waals surface area contributed by atoms with Gasteiger partial charge in [-0.1, -0.05) is 17.7 Å². The third-order valence-electron chi connectivity index (χ3n) is 4.18. The summed E-state index contributed by atoms with van der Waals surface area (Å²) >= 11 is 5.93. The average molecular weight is 280 g/mol. The number of halogens is 1. The Labute approximate surface area is 120 Å². The van der Waals surface area contributed by atoms with Crippen molar-refractivity contribution in [3.8, 4) is 0 Å². The standard InChI is InChI=1S/C15H22ClN3/c16-14-4-3-13(15(17)9-14)11-19-7-5-18(6-8-19)10-12-1-2-12/h3-4,9,12H,1-2,5-8,10-11,17H2. The molecule has 4 heteroatoms. The summed E-state index contributed by atoms with van der Waals surface area (Å²) in [5, 5.41) is 0.718. The lowest BCUT2D eigenvalue weighted by Crippen LogP contribution is -2.46. The second kappa shape index (κ2) is 5.70. The Morgan fingerprint density at radius 1 is 1.11 bits per heavy atom. The van der Waals surface area contributed by atoms with Gasteiger partial charge in [0.25, 0.3) is 0 Å². The minimum atomic E-state index is 0.718. The Kier molecular flexibility index (Phi) is 3.96. The summed E-state index contributed by atoms with van der Waals surface area (Å²) < 4.78 is 0. The largest absolute Gasteiger partial charge is 0.398 e. The first-order valence-corrected chi connectivity index (χ1v) is 7.57. The SMILES string of the molecule is Nc1cc(Cl)ccc1CN1CCN(CC2CC2)CC1. The molecule has 0 unspecified atom stereocenters. The van der Waals surface area contributed by atoms with E-state index in [-0.39, 0.29) is 0 Å². The van der Waals surface area contributed by atoms with Crippen LogP contribution in [0.1, 0.15) is 18.4 Å². The molecule has 2 fully saturated rings. The van der Waals surface area contributed by atoms with E-state index in [1.54, 1.807) is 0 Å². The molecule has 3 nitrogen and oxygen atoms in total. The second-order valence-electron chi connectivity index (χ2n) is 5.86. The van der Waals surface area contributed by atoms with Gasteiger partial charge in [-0.2, -0.15) is 0 Å². The summed E-state index contributed by atoms with van der Waals surface area (Å²) in [6.45, 7) is 6.95. The van der Waals surface area contributed by atoms with Crippen molar-refractivity contribution in [2.75, 3.05) is 38.5 Å². The molecule has 1 saturated carbocycles. The summed E-state index contributed by atoms with van der Waals surface area (Å²) in [6, 6.07) is 5.82. The Balaban J connectivity index is 1.50. The van der Waals surface area contributed by atoms with Gasteiger partial charge in [0.2, 0.25) is 0 Å². The van der Waals surface area contributed by atoms with Gasteiger partial charge in [-0.3, -0.25) is 4.90 Å². The fourth-order valence-electron chi connectivity index (χ4n) is 2.75. The van der Waals surface area contributed by atoms with Crippen LogP contribution < -0.4 is 5.73 Å². The van der Waals surface area contributed by atoms with Gasteiger partial charge in [0.15, 0.2) is 0 Å². The van der Waals surface area contributed by atoms with E-state index in [0.29, 0.717) is 0 Å². The molecule has 19 heavy (non-hydrogen) atoms. The highest BCUT2D eigenvalue weighted by molar-refractivity contribution is 6.30. The molecule has 2 N–H and O–H groups in total. The second-order valence-corrected chi connectivity index (χ2v) is 6.30. The summed E-state index contributed by atoms with van der Waals surface area (Å²) in [5.74, 6) is 0.999. The molecular formula is C15H22ClN3. The normalized spacial score (nSPS) is 21.7. The van der Waals surface area contributed by atoms with Crippen LogP contribution in [0, 0.1) is 5.92 Å². The fraction of sp³-hybridized carbons (Fsp3) is 0.600. The van der Waals surface area contributed by atoms with Crippen molar-refractivity contribution in [1.29, 1.82) is 0 Å². The molecule has 0 spiro atoms. The maximum atomic E-state index is 6.02. The molecule has 1 aromatic rings. The first-order chi connectivity index (χ1) is 9.20. The Hall–Kier alpha value is -0.770. The fourth-order valence-corrected chi connectivity index (χ4v) is 2.93. The maximum Gasteiger partial charge on any atom is 0.0426 e. The molecule has 0 amide bonds. The monoisotopic (exact) mass is 279 g/mol. The third kappa shape index (κ3) is 3.62. The minimum absolute atomic E-state index is 0.718. The van der Waals surface area contributed by atoms with Crippen LogP contribution in [-0.2, 0) is 6.54 Å². The number of rotatable bonds is 4. The van der Waals surface area contributed by atoms with E-state index in [1.165, 1.54) is 38.0 Å².